The SMILES string of the molecule is Cc1nc2c(-c3cc4ccccc4s3)cc(-c3c(C)noc3C)cc2[nH]1. The van der Waals surface area contributed by atoms with Gasteiger partial charge in [0.05, 0.1) is 16.7 Å². The maximum Gasteiger partial charge on any atom is 0.141 e. The second kappa shape index (κ2) is 5.54. The van der Waals surface area contributed by atoms with E-state index in [1.807, 2.05) is 20.8 Å². The first-order chi connectivity index (χ1) is 12.6. The number of aromatic nitrogens is 3. The minimum Gasteiger partial charge on any atom is -0.361 e. The van der Waals surface area contributed by atoms with Crippen LogP contribution in [0.25, 0.3) is 42.7 Å². The van der Waals surface area contributed by atoms with E-state index in [4.69, 9.17) is 9.51 Å². The number of hydrogen-bond donors (Lipinski definition) is 1. The lowest BCUT2D eigenvalue weighted by Gasteiger charge is -2.05. The summed E-state index contributed by atoms with van der Waals surface area (Å²) >= 11 is 1.80. The number of rotatable bonds is 2. The van der Waals surface area contributed by atoms with Crippen LogP contribution < -0.4 is 0 Å². The highest BCUT2D eigenvalue weighted by molar-refractivity contribution is 7.22. The zero-order valence-electron chi connectivity index (χ0n) is 14.8. The number of nitrogens with one attached hydrogen (secondary N) is 1. The van der Waals surface area contributed by atoms with E-state index in [-0.39, 0.29) is 0 Å². The van der Waals surface area contributed by atoms with Crippen LogP contribution in [0.5, 0.6) is 0 Å². The van der Waals surface area contributed by atoms with Gasteiger partial charge in [0, 0.05) is 20.7 Å². The van der Waals surface area contributed by atoms with Crippen LogP contribution >= 0.6 is 11.3 Å². The number of benzene rings is 2. The van der Waals surface area contributed by atoms with Gasteiger partial charge < -0.3 is 9.51 Å². The summed E-state index contributed by atoms with van der Waals surface area (Å²) in [6, 6.07) is 15.1. The molecule has 4 nitrogen and oxygen atoms in total. The Labute approximate surface area is 154 Å². The van der Waals surface area contributed by atoms with Crippen LogP contribution in [0.3, 0.4) is 0 Å². The van der Waals surface area contributed by atoms with Crippen molar-refractivity contribution in [1.29, 1.82) is 0 Å². The summed E-state index contributed by atoms with van der Waals surface area (Å²) in [5.41, 5.74) is 6.24. The second-order valence-corrected chi connectivity index (χ2v) is 7.67. The Bertz CT molecular complexity index is 1220. The maximum absolute atomic E-state index is 5.39. The summed E-state index contributed by atoms with van der Waals surface area (Å²) < 4.78 is 6.67. The third-order valence-corrected chi connectivity index (χ3v) is 5.87. The van der Waals surface area contributed by atoms with E-state index in [1.54, 1.807) is 11.3 Å². The Kier molecular flexibility index (Phi) is 3.27. The van der Waals surface area contributed by atoms with Crippen molar-refractivity contribution in [1.82, 2.24) is 15.1 Å². The van der Waals surface area contributed by atoms with Crippen LogP contribution in [-0.4, -0.2) is 15.1 Å². The van der Waals surface area contributed by atoms with E-state index < -0.39 is 0 Å². The maximum atomic E-state index is 5.39. The summed E-state index contributed by atoms with van der Waals surface area (Å²) in [5.74, 6) is 1.75. The molecular formula is C21H17N3OS. The fraction of sp³-hybridized carbons (Fsp3) is 0.143. The molecule has 0 aliphatic heterocycles. The lowest BCUT2D eigenvalue weighted by molar-refractivity contribution is 0.393. The molecule has 3 heterocycles. The normalized spacial score (nSPS) is 11.7. The molecule has 0 bridgehead atoms. The molecule has 0 aliphatic carbocycles. The van der Waals surface area contributed by atoms with Crippen LogP contribution in [0.1, 0.15) is 17.3 Å². The lowest BCUT2D eigenvalue weighted by atomic mass is 9.99. The van der Waals surface area contributed by atoms with Crippen molar-refractivity contribution < 1.29 is 4.52 Å². The summed E-state index contributed by atoms with van der Waals surface area (Å²) in [5, 5.41) is 5.38. The molecule has 5 rings (SSSR count). The van der Waals surface area contributed by atoms with E-state index in [2.05, 4.69) is 52.6 Å². The first kappa shape index (κ1) is 15.3. The van der Waals surface area contributed by atoms with E-state index in [1.165, 1.54) is 15.0 Å². The summed E-state index contributed by atoms with van der Waals surface area (Å²) in [7, 11) is 0. The predicted octanol–water partition coefficient (Wildman–Crippen LogP) is 6.02. The van der Waals surface area contributed by atoms with Gasteiger partial charge in [-0.2, -0.15) is 0 Å². The summed E-state index contributed by atoms with van der Waals surface area (Å²) in [6.07, 6.45) is 0. The van der Waals surface area contributed by atoms with Crippen LogP contribution in [0.2, 0.25) is 0 Å². The monoisotopic (exact) mass is 359 g/mol. The first-order valence-electron chi connectivity index (χ1n) is 8.53. The van der Waals surface area contributed by atoms with Gasteiger partial charge in [0.15, 0.2) is 0 Å². The van der Waals surface area contributed by atoms with Crippen LogP contribution in [-0.2, 0) is 0 Å². The van der Waals surface area contributed by atoms with Gasteiger partial charge in [-0.3, -0.25) is 0 Å². The Morgan fingerprint density at radius 1 is 1.04 bits per heavy atom. The number of nitrogens with zero attached hydrogens (tertiary/aromatic N) is 2. The molecule has 128 valence electrons. The molecule has 0 spiro atoms. The largest absolute Gasteiger partial charge is 0.361 e. The number of H-pyrrole nitrogens is 1. The molecule has 5 heteroatoms. The third kappa shape index (κ3) is 2.28. The molecule has 0 amide bonds. The number of hydrogen-bond acceptors (Lipinski definition) is 4. The Morgan fingerprint density at radius 2 is 1.88 bits per heavy atom. The number of aromatic amines is 1. The smallest absolute Gasteiger partial charge is 0.141 e. The van der Waals surface area contributed by atoms with Crippen molar-refractivity contribution in [2.45, 2.75) is 20.8 Å². The highest BCUT2D eigenvalue weighted by Crippen LogP contribution is 2.40. The van der Waals surface area contributed by atoms with Crippen molar-refractivity contribution in [2.75, 3.05) is 0 Å². The molecule has 0 atom stereocenters. The third-order valence-electron chi connectivity index (χ3n) is 4.72. The standard InChI is InChI=1S/C21H17N3OS/c1-11-20(12(2)25-24-11)15-8-16(21-17(9-15)22-13(3)23-21)19-10-14-6-4-5-7-18(14)26-19/h4-10H,1-3H3,(H,22,23). The van der Waals surface area contributed by atoms with Crippen LogP contribution in [0, 0.1) is 20.8 Å². The molecule has 0 aliphatic rings. The zero-order valence-corrected chi connectivity index (χ0v) is 15.6. The first-order valence-corrected chi connectivity index (χ1v) is 9.34. The number of imidazole rings is 1. The van der Waals surface area contributed by atoms with Crippen molar-refractivity contribution in [3.05, 3.63) is 59.7 Å². The number of fused-ring (bicyclic) bond motifs is 2. The Hall–Kier alpha value is -2.92. The number of aryl methyl sites for hydroxylation is 3. The molecule has 3 aromatic heterocycles. The van der Waals surface area contributed by atoms with Crippen molar-refractivity contribution in [2.24, 2.45) is 0 Å². The second-order valence-electron chi connectivity index (χ2n) is 6.59. The van der Waals surface area contributed by atoms with Crippen LogP contribution in [0.4, 0.5) is 0 Å². The van der Waals surface area contributed by atoms with E-state index in [0.717, 1.165) is 45.0 Å². The molecular weight excluding hydrogens is 342 g/mol. The lowest BCUT2D eigenvalue weighted by Crippen LogP contribution is -1.85. The molecule has 2 aromatic carbocycles. The van der Waals surface area contributed by atoms with Gasteiger partial charge in [-0.1, -0.05) is 23.4 Å². The number of thiophene rings is 1. The van der Waals surface area contributed by atoms with Gasteiger partial charge >= 0.3 is 0 Å². The molecule has 0 radical (unpaired) electrons. The topological polar surface area (TPSA) is 54.7 Å². The van der Waals surface area contributed by atoms with Crippen molar-refractivity contribution in [3.8, 4) is 21.6 Å². The Balaban J connectivity index is 1.83. The highest BCUT2D eigenvalue weighted by Gasteiger charge is 2.17. The van der Waals surface area contributed by atoms with Gasteiger partial charge in [0.1, 0.15) is 11.6 Å². The average molecular weight is 359 g/mol. The van der Waals surface area contributed by atoms with Crippen molar-refractivity contribution in [3.63, 3.8) is 0 Å². The van der Waals surface area contributed by atoms with Gasteiger partial charge in [-0.05, 0) is 56.0 Å². The molecule has 26 heavy (non-hydrogen) atoms. The highest BCUT2D eigenvalue weighted by atomic mass is 32.1. The minimum absolute atomic E-state index is 0.834. The predicted molar refractivity (Wildman–Crippen MR) is 107 cm³/mol. The molecule has 0 saturated carbocycles. The van der Waals surface area contributed by atoms with Gasteiger partial charge in [-0.25, -0.2) is 4.98 Å². The van der Waals surface area contributed by atoms with E-state index >= 15 is 0 Å². The van der Waals surface area contributed by atoms with E-state index in [9.17, 15) is 0 Å². The van der Waals surface area contributed by atoms with Crippen LogP contribution in [0.15, 0.2) is 47.0 Å². The fourth-order valence-corrected chi connectivity index (χ4v) is 4.66. The fourth-order valence-electron chi connectivity index (χ4n) is 3.58. The van der Waals surface area contributed by atoms with Gasteiger partial charge in [0.25, 0.3) is 0 Å². The molecule has 0 saturated heterocycles. The van der Waals surface area contributed by atoms with Crippen molar-refractivity contribution >= 4 is 32.5 Å². The minimum atomic E-state index is 0.834. The Morgan fingerprint density at radius 3 is 2.65 bits per heavy atom. The molecule has 5 aromatic rings. The molecule has 0 unspecified atom stereocenters. The van der Waals surface area contributed by atoms with E-state index in [0.29, 0.717) is 0 Å². The summed E-state index contributed by atoms with van der Waals surface area (Å²) in [6.45, 7) is 5.93. The van der Waals surface area contributed by atoms with Gasteiger partial charge in [0.2, 0.25) is 0 Å². The molecule has 1 N–H and O–H groups in total. The molecule has 0 fully saturated rings. The summed E-state index contributed by atoms with van der Waals surface area (Å²) in [4.78, 5) is 9.34. The average Bonchev–Trinajstić information content (AvgIpc) is 3.29. The van der Waals surface area contributed by atoms with Gasteiger partial charge in [-0.15, -0.1) is 11.3 Å². The quantitative estimate of drug-likeness (QED) is 0.419. The zero-order chi connectivity index (χ0) is 17.8.